The van der Waals surface area contributed by atoms with Gasteiger partial charge in [-0.05, 0) is 30.7 Å². The molecule has 12 heteroatoms. The second kappa shape index (κ2) is 9.51. The molecule has 8 nitrogen and oxygen atoms in total. The molecule has 1 heterocycles. The van der Waals surface area contributed by atoms with E-state index >= 15 is 0 Å². The zero-order chi connectivity index (χ0) is 22.8. The number of sulfonamides is 2. The van der Waals surface area contributed by atoms with Gasteiger partial charge in [0.2, 0.25) is 20.0 Å². The molecular weight excluding hydrogens is 487 g/mol. The third kappa shape index (κ3) is 4.94. The molecule has 0 unspecified atom stereocenters. The van der Waals surface area contributed by atoms with Crippen molar-refractivity contribution in [2.45, 2.75) is 16.2 Å². The van der Waals surface area contributed by atoms with Crippen molar-refractivity contribution in [1.29, 1.82) is 0 Å². The van der Waals surface area contributed by atoms with E-state index in [1.807, 2.05) is 0 Å². The minimum absolute atomic E-state index is 0.0111. The summed E-state index contributed by atoms with van der Waals surface area (Å²) in [6.45, 7) is 0.390. The topological polar surface area (TPSA) is 93.2 Å². The molecule has 3 rings (SSSR count). The average Bonchev–Trinajstić information content (AvgIpc) is 3.01. The van der Waals surface area contributed by atoms with Crippen molar-refractivity contribution in [2.24, 2.45) is 0 Å². The van der Waals surface area contributed by atoms with E-state index in [0.717, 1.165) is 0 Å². The van der Waals surface area contributed by atoms with Crippen LogP contribution in [-0.4, -0.2) is 65.8 Å². The number of nitrogens with zero attached hydrogens (tertiary/aromatic N) is 2. The van der Waals surface area contributed by atoms with Gasteiger partial charge in [0.25, 0.3) is 0 Å². The lowest BCUT2D eigenvalue weighted by Crippen LogP contribution is -2.37. The maximum Gasteiger partial charge on any atom is 0.243 e. The van der Waals surface area contributed by atoms with Crippen molar-refractivity contribution in [3.8, 4) is 11.5 Å². The lowest BCUT2D eigenvalue weighted by Gasteiger charge is -2.22. The van der Waals surface area contributed by atoms with Crippen molar-refractivity contribution in [1.82, 2.24) is 8.61 Å². The van der Waals surface area contributed by atoms with Crippen LogP contribution in [-0.2, 0) is 20.0 Å². The first-order chi connectivity index (χ1) is 14.6. The molecule has 1 saturated heterocycles. The summed E-state index contributed by atoms with van der Waals surface area (Å²) in [4.78, 5) is 0.0694. The van der Waals surface area contributed by atoms with E-state index in [1.54, 1.807) is 0 Å². The van der Waals surface area contributed by atoms with E-state index in [9.17, 15) is 16.8 Å². The molecule has 0 saturated carbocycles. The van der Waals surface area contributed by atoms with Crippen LogP contribution in [0.25, 0.3) is 0 Å². The number of halogens is 2. The van der Waals surface area contributed by atoms with E-state index in [4.69, 9.17) is 32.7 Å². The molecule has 0 amide bonds. The average molecular weight is 509 g/mol. The molecular formula is C19H22Cl2N2O6S2. The summed E-state index contributed by atoms with van der Waals surface area (Å²) in [6, 6.07) is 8.43. The lowest BCUT2D eigenvalue weighted by atomic mass is 10.3. The summed E-state index contributed by atoms with van der Waals surface area (Å²) in [5.74, 6) is 0.497. The Labute approximate surface area is 192 Å². The Morgan fingerprint density at radius 1 is 0.710 bits per heavy atom. The first-order valence-corrected chi connectivity index (χ1v) is 12.9. The number of hydrogen-bond acceptors (Lipinski definition) is 6. The van der Waals surface area contributed by atoms with Crippen LogP contribution in [0, 0.1) is 0 Å². The maximum absolute atomic E-state index is 13.1. The van der Waals surface area contributed by atoms with Crippen LogP contribution < -0.4 is 9.47 Å². The largest absolute Gasteiger partial charge is 0.495 e. The molecule has 170 valence electrons. The Bertz CT molecular complexity index is 1080. The fraction of sp³-hybridized carbons (Fsp3) is 0.368. The SMILES string of the molecule is COc1cc(S(=O)(=O)N2CCCN(S(=O)(=O)c3ccc(Cl)c(OC)c3)CC2)ccc1Cl. The third-order valence-electron chi connectivity index (χ3n) is 4.93. The van der Waals surface area contributed by atoms with Gasteiger partial charge >= 0.3 is 0 Å². The highest BCUT2D eigenvalue weighted by molar-refractivity contribution is 7.89. The first-order valence-electron chi connectivity index (χ1n) is 9.28. The Kier molecular flexibility index (Phi) is 7.39. The molecule has 1 aliphatic rings. The number of ether oxygens (including phenoxy) is 2. The molecule has 0 aliphatic carbocycles. The minimum atomic E-state index is -3.85. The summed E-state index contributed by atoms with van der Waals surface area (Å²) in [6.07, 6.45) is 0.341. The number of hydrogen-bond donors (Lipinski definition) is 0. The Balaban J connectivity index is 1.83. The molecule has 31 heavy (non-hydrogen) atoms. The minimum Gasteiger partial charge on any atom is -0.495 e. The van der Waals surface area contributed by atoms with Crippen LogP contribution in [0.15, 0.2) is 46.2 Å². The molecule has 0 radical (unpaired) electrons. The third-order valence-corrected chi connectivity index (χ3v) is 9.35. The van der Waals surface area contributed by atoms with E-state index in [0.29, 0.717) is 16.5 Å². The zero-order valence-electron chi connectivity index (χ0n) is 16.9. The van der Waals surface area contributed by atoms with Crippen LogP contribution >= 0.6 is 23.2 Å². The molecule has 0 N–H and O–H groups in total. The van der Waals surface area contributed by atoms with Gasteiger partial charge in [0, 0.05) is 38.3 Å². The highest BCUT2D eigenvalue weighted by Gasteiger charge is 2.32. The normalized spacial score (nSPS) is 16.6. The van der Waals surface area contributed by atoms with E-state index in [-0.39, 0.29) is 47.5 Å². The predicted octanol–water partition coefficient (Wildman–Crippen LogP) is 3.10. The molecule has 2 aromatic carbocycles. The van der Waals surface area contributed by atoms with Crippen LogP contribution in [0.1, 0.15) is 6.42 Å². The Morgan fingerprint density at radius 2 is 1.10 bits per heavy atom. The predicted molar refractivity (Wildman–Crippen MR) is 118 cm³/mol. The summed E-state index contributed by atoms with van der Waals surface area (Å²) in [5.41, 5.74) is 0. The van der Waals surface area contributed by atoms with E-state index in [1.165, 1.54) is 59.2 Å². The lowest BCUT2D eigenvalue weighted by molar-refractivity contribution is 0.401. The fourth-order valence-electron chi connectivity index (χ4n) is 3.25. The molecule has 2 aromatic rings. The fourth-order valence-corrected chi connectivity index (χ4v) is 6.61. The Morgan fingerprint density at radius 3 is 1.45 bits per heavy atom. The van der Waals surface area contributed by atoms with Crippen LogP contribution in [0.5, 0.6) is 11.5 Å². The smallest absolute Gasteiger partial charge is 0.243 e. The second-order valence-corrected chi connectivity index (χ2v) is 11.4. The summed E-state index contributed by atoms with van der Waals surface area (Å²) < 4.78 is 65.1. The first kappa shape index (κ1) is 24.1. The second-order valence-electron chi connectivity index (χ2n) is 6.75. The van der Waals surface area contributed by atoms with Gasteiger partial charge in [-0.3, -0.25) is 0 Å². The number of rotatable bonds is 6. The van der Waals surface area contributed by atoms with Gasteiger partial charge in [-0.15, -0.1) is 0 Å². The van der Waals surface area contributed by atoms with Crippen molar-refractivity contribution in [3.05, 3.63) is 46.4 Å². The van der Waals surface area contributed by atoms with Crippen molar-refractivity contribution >= 4 is 43.2 Å². The Hall–Kier alpha value is -1.56. The van der Waals surface area contributed by atoms with Crippen LogP contribution in [0.4, 0.5) is 0 Å². The van der Waals surface area contributed by atoms with Crippen molar-refractivity contribution in [3.63, 3.8) is 0 Å². The van der Waals surface area contributed by atoms with E-state index < -0.39 is 20.0 Å². The highest BCUT2D eigenvalue weighted by atomic mass is 35.5. The molecule has 1 aliphatic heterocycles. The summed E-state index contributed by atoms with van der Waals surface area (Å²) in [7, 11) is -4.90. The zero-order valence-corrected chi connectivity index (χ0v) is 20.1. The van der Waals surface area contributed by atoms with Crippen LogP contribution in [0.3, 0.4) is 0 Å². The summed E-state index contributed by atoms with van der Waals surface area (Å²) in [5, 5.41) is 0.598. The molecule has 1 fully saturated rings. The van der Waals surface area contributed by atoms with E-state index in [2.05, 4.69) is 0 Å². The van der Waals surface area contributed by atoms with Gasteiger partial charge < -0.3 is 9.47 Å². The van der Waals surface area contributed by atoms with Gasteiger partial charge in [-0.25, -0.2) is 16.8 Å². The maximum atomic E-state index is 13.1. The molecule has 0 bridgehead atoms. The van der Waals surface area contributed by atoms with Gasteiger partial charge in [0.05, 0.1) is 34.1 Å². The van der Waals surface area contributed by atoms with Crippen molar-refractivity contribution in [2.75, 3.05) is 40.4 Å². The standard InChI is InChI=1S/C19H22Cl2N2O6S2/c1-28-18-12-14(4-6-16(18)20)30(24,25)22-8-3-9-23(11-10-22)31(26,27)15-5-7-17(21)19(13-15)29-2/h4-7,12-13H,3,8-11H2,1-2H3. The van der Waals surface area contributed by atoms with Crippen LogP contribution in [0.2, 0.25) is 10.0 Å². The molecule has 0 spiro atoms. The van der Waals surface area contributed by atoms with Gasteiger partial charge in [-0.1, -0.05) is 23.2 Å². The summed E-state index contributed by atoms with van der Waals surface area (Å²) >= 11 is 12.0. The molecule has 0 aromatic heterocycles. The quantitative estimate of drug-likeness (QED) is 0.594. The number of benzene rings is 2. The van der Waals surface area contributed by atoms with Crippen molar-refractivity contribution < 1.29 is 26.3 Å². The van der Waals surface area contributed by atoms with Gasteiger partial charge in [0.1, 0.15) is 11.5 Å². The monoisotopic (exact) mass is 508 g/mol. The highest BCUT2D eigenvalue weighted by Crippen LogP contribution is 2.31. The van der Waals surface area contributed by atoms with Gasteiger partial charge in [0.15, 0.2) is 0 Å². The number of methoxy groups -OCH3 is 2. The molecule has 0 atom stereocenters. The van der Waals surface area contributed by atoms with Gasteiger partial charge in [-0.2, -0.15) is 8.61 Å².